The SMILES string of the molecule is CC(O)c1ccc(N(Cc2cccs2)C(C)C)c(Br)c1. The highest BCUT2D eigenvalue weighted by Gasteiger charge is 2.15. The number of thiophene rings is 1. The topological polar surface area (TPSA) is 23.5 Å². The van der Waals surface area contributed by atoms with Crippen LogP contribution in [0.5, 0.6) is 0 Å². The standard InChI is InChI=1S/C16H20BrNOS/c1-11(2)18(10-14-5-4-8-20-14)16-7-6-13(12(3)19)9-15(16)17/h4-9,11-12,19H,10H2,1-3H3. The van der Waals surface area contributed by atoms with Crippen molar-refractivity contribution in [2.75, 3.05) is 4.90 Å². The van der Waals surface area contributed by atoms with Crippen LogP contribution in [-0.2, 0) is 6.54 Å². The van der Waals surface area contributed by atoms with Crippen molar-refractivity contribution in [2.24, 2.45) is 0 Å². The van der Waals surface area contributed by atoms with Gasteiger partial charge in [-0.1, -0.05) is 12.1 Å². The molecule has 0 fully saturated rings. The largest absolute Gasteiger partial charge is 0.389 e. The van der Waals surface area contributed by atoms with Crippen molar-refractivity contribution < 1.29 is 5.11 Å². The number of anilines is 1. The van der Waals surface area contributed by atoms with Crippen LogP contribution in [0.3, 0.4) is 0 Å². The first-order valence-electron chi connectivity index (χ1n) is 6.75. The second-order valence-electron chi connectivity index (χ2n) is 5.19. The number of nitrogens with zero attached hydrogens (tertiary/aromatic N) is 1. The average molecular weight is 354 g/mol. The van der Waals surface area contributed by atoms with Crippen molar-refractivity contribution in [1.82, 2.24) is 0 Å². The summed E-state index contributed by atoms with van der Waals surface area (Å²) in [6, 6.07) is 10.7. The molecular weight excluding hydrogens is 334 g/mol. The molecule has 4 heteroatoms. The minimum Gasteiger partial charge on any atom is -0.389 e. The van der Waals surface area contributed by atoms with Crippen LogP contribution in [0.2, 0.25) is 0 Å². The molecule has 0 radical (unpaired) electrons. The smallest absolute Gasteiger partial charge is 0.0762 e. The van der Waals surface area contributed by atoms with E-state index in [2.05, 4.69) is 58.3 Å². The van der Waals surface area contributed by atoms with Gasteiger partial charge in [0, 0.05) is 15.4 Å². The number of rotatable bonds is 5. The molecule has 2 aromatic rings. The first-order chi connectivity index (χ1) is 9.49. The Bertz CT molecular complexity index is 552. The molecule has 0 amide bonds. The quantitative estimate of drug-likeness (QED) is 0.819. The zero-order chi connectivity index (χ0) is 14.7. The molecule has 0 saturated heterocycles. The molecule has 1 aromatic heterocycles. The van der Waals surface area contributed by atoms with Gasteiger partial charge < -0.3 is 10.0 Å². The van der Waals surface area contributed by atoms with Gasteiger partial charge in [-0.15, -0.1) is 11.3 Å². The highest BCUT2D eigenvalue weighted by molar-refractivity contribution is 9.10. The third-order valence-electron chi connectivity index (χ3n) is 3.29. The number of benzene rings is 1. The Kier molecular flexibility index (Phi) is 5.24. The van der Waals surface area contributed by atoms with E-state index >= 15 is 0 Å². The molecule has 0 aliphatic heterocycles. The predicted molar refractivity (Wildman–Crippen MR) is 90.4 cm³/mol. The molecule has 0 spiro atoms. The molecule has 2 rings (SSSR count). The molecule has 0 saturated carbocycles. The fourth-order valence-electron chi connectivity index (χ4n) is 2.13. The maximum atomic E-state index is 9.66. The van der Waals surface area contributed by atoms with E-state index < -0.39 is 6.10 Å². The molecule has 1 heterocycles. The van der Waals surface area contributed by atoms with E-state index in [1.807, 2.05) is 12.1 Å². The van der Waals surface area contributed by atoms with E-state index in [1.165, 1.54) is 4.88 Å². The zero-order valence-corrected chi connectivity index (χ0v) is 14.4. The second kappa shape index (κ2) is 6.74. The molecule has 1 unspecified atom stereocenters. The Morgan fingerprint density at radius 3 is 2.50 bits per heavy atom. The fraction of sp³-hybridized carbons (Fsp3) is 0.375. The Balaban J connectivity index is 2.30. The summed E-state index contributed by atoms with van der Waals surface area (Å²) in [5.74, 6) is 0. The molecular formula is C16H20BrNOS. The van der Waals surface area contributed by atoms with Crippen molar-refractivity contribution in [3.8, 4) is 0 Å². The van der Waals surface area contributed by atoms with E-state index in [-0.39, 0.29) is 0 Å². The first kappa shape index (κ1) is 15.5. The molecule has 1 N–H and O–H groups in total. The average Bonchev–Trinajstić information content (AvgIpc) is 2.89. The van der Waals surface area contributed by atoms with Crippen molar-refractivity contribution >= 4 is 33.0 Å². The third-order valence-corrected chi connectivity index (χ3v) is 4.79. The summed E-state index contributed by atoms with van der Waals surface area (Å²) in [5.41, 5.74) is 2.10. The van der Waals surface area contributed by atoms with Crippen LogP contribution in [0.4, 0.5) is 5.69 Å². The van der Waals surface area contributed by atoms with Gasteiger partial charge in [0.25, 0.3) is 0 Å². The van der Waals surface area contributed by atoms with E-state index in [4.69, 9.17) is 0 Å². The second-order valence-corrected chi connectivity index (χ2v) is 7.07. The Morgan fingerprint density at radius 1 is 1.25 bits per heavy atom. The minimum atomic E-state index is -0.440. The Morgan fingerprint density at radius 2 is 2.00 bits per heavy atom. The highest BCUT2D eigenvalue weighted by Crippen LogP contribution is 2.32. The van der Waals surface area contributed by atoms with Crippen LogP contribution in [0, 0.1) is 0 Å². The van der Waals surface area contributed by atoms with Crippen molar-refractivity contribution in [1.29, 1.82) is 0 Å². The van der Waals surface area contributed by atoms with Gasteiger partial charge in [0.15, 0.2) is 0 Å². The van der Waals surface area contributed by atoms with Crippen LogP contribution in [0.15, 0.2) is 40.2 Å². The van der Waals surface area contributed by atoms with Gasteiger partial charge in [-0.25, -0.2) is 0 Å². The molecule has 0 aliphatic rings. The van der Waals surface area contributed by atoms with Crippen molar-refractivity contribution in [2.45, 2.75) is 39.5 Å². The predicted octanol–water partition coefficient (Wildman–Crippen LogP) is 4.98. The van der Waals surface area contributed by atoms with E-state index in [1.54, 1.807) is 18.3 Å². The minimum absolute atomic E-state index is 0.408. The summed E-state index contributed by atoms with van der Waals surface area (Å²) in [4.78, 5) is 3.71. The lowest BCUT2D eigenvalue weighted by Gasteiger charge is -2.30. The van der Waals surface area contributed by atoms with Crippen LogP contribution < -0.4 is 4.90 Å². The van der Waals surface area contributed by atoms with Crippen molar-refractivity contribution in [3.05, 3.63) is 50.6 Å². The summed E-state index contributed by atoms with van der Waals surface area (Å²) >= 11 is 5.42. The van der Waals surface area contributed by atoms with Gasteiger partial charge in [0.2, 0.25) is 0 Å². The van der Waals surface area contributed by atoms with Gasteiger partial charge in [0.1, 0.15) is 0 Å². The van der Waals surface area contributed by atoms with Gasteiger partial charge in [-0.05, 0) is 65.8 Å². The fourth-order valence-corrected chi connectivity index (χ4v) is 3.46. The van der Waals surface area contributed by atoms with E-state index in [0.717, 1.165) is 22.3 Å². The summed E-state index contributed by atoms with van der Waals surface area (Å²) in [6.45, 7) is 7.08. The monoisotopic (exact) mass is 353 g/mol. The lowest BCUT2D eigenvalue weighted by atomic mass is 10.1. The number of aliphatic hydroxyl groups excluding tert-OH is 1. The highest BCUT2D eigenvalue weighted by atomic mass is 79.9. The Labute approximate surface area is 133 Å². The zero-order valence-electron chi connectivity index (χ0n) is 12.0. The van der Waals surface area contributed by atoms with Crippen LogP contribution >= 0.6 is 27.3 Å². The van der Waals surface area contributed by atoms with Gasteiger partial charge in [-0.2, -0.15) is 0 Å². The van der Waals surface area contributed by atoms with E-state index in [0.29, 0.717) is 6.04 Å². The van der Waals surface area contributed by atoms with Crippen LogP contribution in [0.1, 0.15) is 37.3 Å². The van der Waals surface area contributed by atoms with E-state index in [9.17, 15) is 5.11 Å². The maximum Gasteiger partial charge on any atom is 0.0762 e. The molecule has 2 nitrogen and oxygen atoms in total. The lowest BCUT2D eigenvalue weighted by molar-refractivity contribution is 0.199. The molecule has 20 heavy (non-hydrogen) atoms. The maximum absolute atomic E-state index is 9.66. The van der Waals surface area contributed by atoms with Crippen LogP contribution in [0.25, 0.3) is 0 Å². The number of hydrogen-bond donors (Lipinski definition) is 1. The van der Waals surface area contributed by atoms with Crippen molar-refractivity contribution in [3.63, 3.8) is 0 Å². The molecule has 108 valence electrons. The molecule has 1 atom stereocenters. The first-order valence-corrected chi connectivity index (χ1v) is 8.43. The summed E-state index contributed by atoms with van der Waals surface area (Å²) < 4.78 is 1.03. The Hall–Kier alpha value is -0.840. The number of halogens is 1. The lowest BCUT2D eigenvalue weighted by Crippen LogP contribution is -2.30. The van der Waals surface area contributed by atoms with Crippen LogP contribution in [-0.4, -0.2) is 11.1 Å². The normalized spacial score (nSPS) is 12.7. The third kappa shape index (κ3) is 3.62. The summed E-state index contributed by atoms with van der Waals surface area (Å²) in [6.07, 6.45) is -0.440. The summed E-state index contributed by atoms with van der Waals surface area (Å²) in [7, 11) is 0. The summed E-state index contributed by atoms with van der Waals surface area (Å²) in [5, 5.41) is 11.8. The van der Waals surface area contributed by atoms with Gasteiger partial charge >= 0.3 is 0 Å². The molecule has 1 aromatic carbocycles. The van der Waals surface area contributed by atoms with Gasteiger partial charge in [-0.3, -0.25) is 0 Å². The molecule has 0 aliphatic carbocycles. The number of aliphatic hydroxyl groups is 1. The number of hydrogen-bond acceptors (Lipinski definition) is 3. The molecule has 0 bridgehead atoms. The van der Waals surface area contributed by atoms with Gasteiger partial charge in [0.05, 0.1) is 18.3 Å².